The molecule has 66 heavy (non-hydrogen) atoms. The van der Waals surface area contributed by atoms with Crippen LogP contribution in [0.5, 0.6) is 0 Å². The number of fused-ring (bicyclic) bond motifs is 9. The highest BCUT2D eigenvalue weighted by Gasteiger charge is 2.25. The Balaban J connectivity index is 1.10. The molecule has 3 aromatic heterocycles. The molecule has 0 atom stereocenters. The average Bonchev–Trinajstić information content (AvgIpc) is 3.96. The molecule has 6 nitrogen and oxygen atoms in total. The first-order valence-electron chi connectivity index (χ1n) is 22.1. The number of nitrogens with zero attached hydrogens (tertiary/aromatic N) is 5. The fourth-order valence-electron chi connectivity index (χ4n) is 10.2. The van der Waals surface area contributed by atoms with Crippen LogP contribution in [0.1, 0.15) is 27.8 Å². The molecule has 0 aliphatic heterocycles. The molecule has 0 aliphatic rings. The largest absolute Gasteiger partial charge is 0.454 e. The van der Waals surface area contributed by atoms with Crippen molar-refractivity contribution in [3.8, 4) is 17.2 Å². The zero-order valence-electron chi connectivity index (χ0n) is 36.9. The molecule has 0 N–H and O–H groups in total. The number of aromatic nitrogens is 1. The number of furan rings is 1. The SMILES string of the molecule is [C-]#[N+]c1ccc(N(c2cc(C)cc(C)c2)c2ccc3cc4c5cc(-c6ccccc6)cc6c7oc8cc(N(c9ccc(C#N)cc9)c9cc(C)cc(C)c9)ccc8c7n(c4cc3c2)c56)cc1. The van der Waals surface area contributed by atoms with E-state index in [2.05, 4.69) is 180 Å². The monoisotopic (exact) mass is 847 g/mol. The normalized spacial score (nSPS) is 11.6. The molecule has 12 rings (SSSR count). The summed E-state index contributed by atoms with van der Waals surface area (Å²) in [5.41, 5.74) is 19.2. The molecular formula is C60H41N5O. The summed E-state index contributed by atoms with van der Waals surface area (Å²) in [5.74, 6) is 0. The molecule has 312 valence electrons. The summed E-state index contributed by atoms with van der Waals surface area (Å²) in [6.07, 6.45) is 0. The fourth-order valence-corrected chi connectivity index (χ4v) is 10.2. The van der Waals surface area contributed by atoms with Crippen LogP contribution in [0.4, 0.5) is 39.8 Å². The van der Waals surface area contributed by atoms with Crippen molar-refractivity contribution in [1.82, 2.24) is 4.40 Å². The summed E-state index contributed by atoms with van der Waals surface area (Å²) in [6.45, 7) is 16.1. The van der Waals surface area contributed by atoms with Gasteiger partial charge in [0, 0.05) is 61.7 Å². The zero-order valence-corrected chi connectivity index (χ0v) is 36.9. The number of hydrogen-bond acceptors (Lipinski definition) is 4. The van der Waals surface area contributed by atoms with Crippen LogP contribution < -0.4 is 9.80 Å². The van der Waals surface area contributed by atoms with Crippen LogP contribution in [0.15, 0.2) is 180 Å². The van der Waals surface area contributed by atoms with E-state index in [1.807, 2.05) is 48.5 Å². The first-order chi connectivity index (χ1) is 32.2. The zero-order chi connectivity index (χ0) is 44.8. The third-order valence-electron chi connectivity index (χ3n) is 13.0. The quantitative estimate of drug-likeness (QED) is 0.150. The molecule has 0 aliphatic carbocycles. The van der Waals surface area contributed by atoms with Gasteiger partial charge in [0.2, 0.25) is 0 Å². The van der Waals surface area contributed by atoms with E-state index < -0.39 is 0 Å². The maximum absolute atomic E-state index is 9.62. The maximum atomic E-state index is 9.62. The van der Waals surface area contributed by atoms with Gasteiger partial charge in [-0.2, -0.15) is 5.26 Å². The van der Waals surface area contributed by atoms with Gasteiger partial charge in [-0.05, 0) is 181 Å². The number of nitriles is 1. The molecule has 3 heterocycles. The van der Waals surface area contributed by atoms with Gasteiger partial charge in [-0.3, -0.25) is 0 Å². The Morgan fingerprint density at radius 3 is 1.71 bits per heavy atom. The van der Waals surface area contributed by atoms with Gasteiger partial charge in [0.1, 0.15) is 11.1 Å². The molecule has 6 heteroatoms. The smallest absolute Gasteiger partial charge is 0.187 e. The minimum absolute atomic E-state index is 0.612. The summed E-state index contributed by atoms with van der Waals surface area (Å²) in [7, 11) is 0. The molecule has 0 saturated carbocycles. The number of benzene rings is 9. The van der Waals surface area contributed by atoms with Gasteiger partial charge in [0.25, 0.3) is 0 Å². The number of anilines is 6. The number of hydrogen-bond donors (Lipinski definition) is 0. The van der Waals surface area contributed by atoms with Crippen molar-refractivity contribution in [3.63, 3.8) is 0 Å². The van der Waals surface area contributed by atoms with Crippen molar-refractivity contribution in [2.75, 3.05) is 9.80 Å². The predicted molar refractivity (Wildman–Crippen MR) is 273 cm³/mol. The Morgan fingerprint density at radius 2 is 1.08 bits per heavy atom. The second-order valence-corrected chi connectivity index (χ2v) is 17.6. The van der Waals surface area contributed by atoms with Crippen LogP contribution in [0.2, 0.25) is 0 Å². The van der Waals surface area contributed by atoms with E-state index in [1.165, 1.54) is 33.0 Å². The molecule has 0 amide bonds. The van der Waals surface area contributed by atoms with Crippen molar-refractivity contribution in [3.05, 3.63) is 215 Å². The van der Waals surface area contributed by atoms with Crippen molar-refractivity contribution in [2.45, 2.75) is 27.7 Å². The molecule has 0 bridgehead atoms. The van der Waals surface area contributed by atoms with Crippen LogP contribution in [0.3, 0.4) is 0 Å². The average molecular weight is 848 g/mol. The lowest BCUT2D eigenvalue weighted by Gasteiger charge is -2.26. The van der Waals surface area contributed by atoms with Crippen LogP contribution in [0.25, 0.3) is 76.0 Å². The van der Waals surface area contributed by atoms with Gasteiger partial charge in [-0.25, -0.2) is 4.85 Å². The first kappa shape index (κ1) is 38.8. The van der Waals surface area contributed by atoms with E-state index >= 15 is 0 Å². The van der Waals surface area contributed by atoms with E-state index in [4.69, 9.17) is 11.0 Å². The second kappa shape index (κ2) is 14.9. The van der Waals surface area contributed by atoms with E-state index in [9.17, 15) is 5.26 Å². The van der Waals surface area contributed by atoms with Crippen molar-refractivity contribution in [1.29, 1.82) is 5.26 Å². The lowest BCUT2D eigenvalue weighted by molar-refractivity contribution is 0.673. The molecule has 0 fully saturated rings. The van der Waals surface area contributed by atoms with Gasteiger partial charge in [0.15, 0.2) is 11.3 Å². The third kappa shape index (κ3) is 6.23. The van der Waals surface area contributed by atoms with Crippen LogP contribution in [-0.4, -0.2) is 4.40 Å². The first-order valence-corrected chi connectivity index (χ1v) is 22.1. The Kier molecular flexibility index (Phi) is 8.75. The number of aryl methyl sites for hydroxylation is 4. The Hall–Kier alpha value is -8.84. The Bertz CT molecular complexity index is 3960. The molecular weight excluding hydrogens is 807 g/mol. The van der Waals surface area contributed by atoms with Gasteiger partial charge < -0.3 is 18.6 Å². The third-order valence-corrected chi connectivity index (χ3v) is 13.0. The standard InChI is InChI=1S/C60H41N5O/c1-36-23-37(2)26-50(25-36)63(47-19-14-45(62-5)15-20-47)48-18-13-42-30-53-54-31-44(41-9-7-6-8-10-41)32-55-58(54)65(56(53)33-43(42)29-48)59-52-22-21-49(34-57(52)66-60(55)59)64(46-16-11-40(35-61)12-17-46)51-27-38(3)24-39(4)28-51/h6-34H,1-4H3. The molecule has 9 aromatic carbocycles. The summed E-state index contributed by atoms with van der Waals surface area (Å²) in [5, 5.41) is 16.4. The van der Waals surface area contributed by atoms with Gasteiger partial charge in [0.05, 0.1) is 29.2 Å². The van der Waals surface area contributed by atoms with Crippen molar-refractivity contribution < 1.29 is 4.42 Å². The lowest BCUT2D eigenvalue weighted by Crippen LogP contribution is -2.10. The minimum atomic E-state index is 0.612. The maximum Gasteiger partial charge on any atom is 0.187 e. The van der Waals surface area contributed by atoms with E-state index in [0.29, 0.717) is 11.3 Å². The van der Waals surface area contributed by atoms with Gasteiger partial charge in [-0.15, -0.1) is 0 Å². The summed E-state index contributed by atoms with van der Waals surface area (Å²) < 4.78 is 9.51. The van der Waals surface area contributed by atoms with E-state index in [1.54, 1.807) is 0 Å². The fraction of sp³-hybridized carbons (Fsp3) is 0.0667. The summed E-state index contributed by atoms with van der Waals surface area (Å²) in [6, 6.07) is 64.3. The van der Waals surface area contributed by atoms with Gasteiger partial charge in [-0.1, -0.05) is 60.7 Å². The Morgan fingerprint density at radius 1 is 0.485 bits per heavy atom. The van der Waals surface area contributed by atoms with E-state index in [0.717, 1.165) is 94.5 Å². The van der Waals surface area contributed by atoms with Crippen LogP contribution in [-0.2, 0) is 0 Å². The second-order valence-electron chi connectivity index (χ2n) is 17.6. The molecule has 0 saturated heterocycles. The number of rotatable bonds is 7. The highest BCUT2D eigenvalue weighted by atomic mass is 16.3. The van der Waals surface area contributed by atoms with Crippen LogP contribution in [0, 0.1) is 45.6 Å². The van der Waals surface area contributed by atoms with E-state index in [-0.39, 0.29) is 0 Å². The van der Waals surface area contributed by atoms with Crippen molar-refractivity contribution >= 4 is 99.8 Å². The summed E-state index contributed by atoms with van der Waals surface area (Å²) in [4.78, 5) is 8.19. The summed E-state index contributed by atoms with van der Waals surface area (Å²) >= 11 is 0. The highest BCUT2D eigenvalue weighted by molar-refractivity contribution is 6.28. The Labute approximate surface area is 382 Å². The molecule has 0 unspecified atom stereocenters. The molecule has 0 radical (unpaired) electrons. The highest BCUT2D eigenvalue weighted by Crippen LogP contribution is 2.48. The van der Waals surface area contributed by atoms with Gasteiger partial charge >= 0.3 is 0 Å². The lowest BCUT2D eigenvalue weighted by atomic mass is 9.99. The topological polar surface area (TPSA) is 52.2 Å². The predicted octanol–water partition coefficient (Wildman–Crippen LogP) is 17.0. The van der Waals surface area contributed by atoms with Crippen LogP contribution >= 0.6 is 0 Å². The van der Waals surface area contributed by atoms with Crippen molar-refractivity contribution in [2.24, 2.45) is 0 Å². The molecule has 0 spiro atoms. The minimum Gasteiger partial charge on any atom is -0.454 e. The molecule has 12 aromatic rings.